The summed E-state index contributed by atoms with van der Waals surface area (Å²) in [7, 11) is 0. The molecule has 1 aromatic heterocycles. The van der Waals surface area contributed by atoms with E-state index in [0.29, 0.717) is 12.2 Å². The van der Waals surface area contributed by atoms with Crippen molar-refractivity contribution in [2.24, 2.45) is 5.84 Å². The molecule has 4 N–H and O–H groups in total. The second-order valence-electron chi connectivity index (χ2n) is 4.33. The number of nitrogens with one attached hydrogen (secondary N) is 2. The van der Waals surface area contributed by atoms with Crippen molar-refractivity contribution in [1.82, 2.24) is 5.32 Å². The van der Waals surface area contributed by atoms with Crippen molar-refractivity contribution >= 4 is 28.6 Å². The number of carbonyl (C=O) groups excluding carboxylic acids is 1. The van der Waals surface area contributed by atoms with E-state index >= 15 is 0 Å². The molecular formula is C13H14N4O3S. The maximum absolute atomic E-state index is 12.2. The summed E-state index contributed by atoms with van der Waals surface area (Å²) in [4.78, 5) is 24.5. The number of hydrogen-bond donors (Lipinski definition) is 3. The van der Waals surface area contributed by atoms with E-state index in [1.54, 1.807) is 11.3 Å². The summed E-state index contributed by atoms with van der Waals surface area (Å²) >= 11 is 1.58. The highest BCUT2D eigenvalue weighted by Gasteiger charge is 2.16. The molecule has 0 bridgehead atoms. The van der Waals surface area contributed by atoms with Gasteiger partial charge in [-0.3, -0.25) is 20.8 Å². The van der Waals surface area contributed by atoms with Crippen LogP contribution in [0.2, 0.25) is 0 Å². The van der Waals surface area contributed by atoms with Gasteiger partial charge >= 0.3 is 0 Å². The lowest BCUT2D eigenvalue weighted by atomic mass is 10.1. The van der Waals surface area contributed by atoms with Crippen LogP contribution in [0.3, 0.4) is 0 Å². The van der Waals surface area contributed by atoms with Gasteiger partial charge in [-0.25, -0.2) is 0 Å². The molecule has 0 unspecified atom stereocenters. The van der Waals surface area contributed by atoms with E-state index in [4.69, 9.17) is 5.84 Å². The zero-order chi connectivity index (χ0) is 15.4. The third-order valence-corrected chi connectivity index (χ3v) is 3.83. The molecule has 0 spiro atoms. The number of thiophene rings is 1. The van der Waals surface area contributed by atoms with Gasteiger partial charge in [0.15, 0.2) is 0 Å². The fourth-order valence-corrected chi connectivity index (χ4v) is 2.63. The van der Waals surface area contributed by atoms with Crippen LogP contribution in [0, 0.1) is 17.0 Å². The van der Waals surface area contributed by atoms with E-state index in [1.165, 1.54) is 18.2 Å². The lowest BCUT2D eigenvalue weighted by Gasteiger charge is -2.09. The summed E-state index contributed by atoms with van der Waals surface area (Å²) in [5.41, 5.74) is 2.68. The Labute approximate surface area is 124 Å². The molecule has 1 aromatic carbocycles. The number of nitrogens with zero attached hydrogens (tertiary/aromatic N) is 1. The number of benzene rings is 1. The Hall–Kier alpha value is -2.45. The molecule has 2 aromatic rings. The molecule has 1 heterocycles. The van der Waals surface area contributed by atoms with Crippen LogP contribution < -0.4 is 16.6 Å². The molecule has 0 saturated heterocycles. The standard InChI is InChI=1S/C13H14N4O3S/c1-8-2-4-10(21-8)7-15-13(18)11-6-9(17(19)20)3-5-12(11)16-14/h2-6,16H,7,14H2,1H3,(H,15,18). The van der Waals surface area contributed by atoms with Gasteiger partial charge in [0.05, 0.1) is 22.7 Å². The number of hydrazine groups is 1. The molecular weight excluding hydrogens is 292 g/mol. The first-order chi connectivity index (χ1) is 10.0. The van der Waals surface area contributed by atoms with Crippen molar-refractivity contribution < 1.29 is 9.72 Å². The van der Waals surface area contributed by atoms with E-state index in [9.17, 15) is 14.9 Å². The first-order valence-electron chi connectivity index (χ1n) is 6.10. The maximum Gasteiger partial charge on any atom is 0.270 e. The van der Waals surface area contributed by atoms with Gasteiger partial charge in [0, 0.05) is 21.9 Å². The molecule has 0 aliphatic rings. The Bertz CT molecular complexity index is 684. The van der Waals surface area contributed by atoms with Crippen molar-refractivity contribution in [2.45, 2.75) is 13.5 Å². The quantitative estimate of drug-likeness (QED) is 0.445. The summed E-state index contributed by atoms with van der Waals surface area (Å²) in [6, 6.07) is 7.78. The number of rotatable bonds is 5. The normalized spacial score (nSPS) is 10.2. The van der Waals surface area contributed by atoms with Crippen molar-refractivity contribution in [3.05, 3.63) is 55.8 Å². The van der Waals surface area contributed by atoms with Crippen LogP contribution in [0.15, 0.2) is 30.3 Å². The third kappa shape index (κ3) is 3.56. The van der Waals surface area contributed by atoms with Crippen LogP contribution >= 0.6 is 11.3 Å². The van der Waals surface area contributed by atoms with Crippen LogP contribution in [0.25, 0.3) is 0 Å². The molecule has 110 valence electrons. The van der Waals surface area contributed by atoms with Crippen LogP contribution in [0.5, 0.6) is 0 Å². The van der Waals surface area contributed by atoms with Gasteiger partial charge in [-0.15, -0.1) is 11.3 Å². The average Bonchev–Trinajstić information content (AvgIpc) is 2.89. The number of non-ortho nitro benzene ring substituents is 1. The number of anilines is 1. The summed E-state index contributed by atoms with van der Waals surface area (Å²) in [5, 5.41) is 13.5. The largest absolute Gasteiger partial charge is 0.347 e. The molecule has 0 fully saturated rings. The van der Waals surface area contributed by atoms with Crippen LogP contribution in [0.1, 0.15) is 20.1 Å². The van der Waals surface area contributed by atoms with E-state index in [2.05, 4.69) is 10.7 Å². The fourth-order valence-electron chi connectivity index (χ4n) is 1.80. The van der Waals surface area contributed by atoms with Gasteiger partial charge < -0.3 is 10.7 Å². The van der Waals surface area contributed by atoms with Crippen LogP contribution in [-0.4, -0.2) is 10.8 Å². The molecule has 0 atom stereocenters. The first-order valence-corrected chi connectivity index (χ1v) is 6.91. The minimum atomic E-state index is -0.556. The number of nitro groups is 1. The van der Waals surface area contributed by atoms with Gasteiger partial charge in [0.2, 0.25) is 0 Å². The van der Waals surface area contributed by atoms with Crippen molar-refractivity contribution in [1.29, 1.82) is 0 Å². The Balaban J connectivity index is 2.17. The van der Waals surface area contributed by atoms with E-state index < -0.39 is 10.8 Å². The van der Waals surface area contributed by atoms with E-state index in [1.807, 2.05) is 19.1 Å². The van der Waals surface area contributed by atoms with Crippen molar-refractivity contribution in [3.63, 3.8) is 0 Å². The summed E-state index contributed by atoms with van der Waals surface area (Å²) in [6.07, 6.45) is 0. The number of hydrogen-bond acceptors (Lipinski definition) is 6. The molecule has 7 nitrogen and oxygen atoms in total. The molecule has 0 radical (unpaired) electrons. The molecule has 0 saturated carbocycles. The number of aryl methyl sites for hydroxylation is 1. The van der Waals surface area contributed by atoms with Crippen molar-refractivity contribution in [2.75, 3.05) is 5.43 Å². The van der Waals surface area contributed by atoms with Gasteiger partial charge in [-0.2, -0.15) is 0 Å². The Kier molecular flexibility index (Phi) is 4.51. The van der Waals surface area contributed by atoms with E-state index in [-0.39, 0.29) is 11.3 Å². The van der Waals surface area contributed by atoms with Crippen molar-refractivity contribution in [3.8, 4) is 0 Å². The predicted octanol–water partition coefficient (Wildman–Crippen LogP) is 2.18. The smallest absolute Gasteiger partial charge is 0.270 e. The highest BCUT2D eigenvalue weighted by Crippen LogP contribution is 2.22. The summed E-state index contributed by atoms with van der Waals surface area (Å²) < 4.78 is 0. The number of nitro benzene ring substituents is 1. The van der Waals surface area contributed by atoms with Gasteiger partial charge in [-0.1, -0.05) is 0 Å². The van der Waals surface area contributed by atoms with Gasteiger partial charge in [-0.05, 0) is 25.1 Å². The monoisotopic (exact) mass is 306 g/mol. The average molecular weight is 306 g/mol. The number of amides is 1. The SMILES string of the molecule is Cc1ccc(CNC(=O)c2cc([N+](=O)[O-])ccc2NN)s1. The first kappa shape index (κ1) is 14.9. The van der Waals surface area contributed by atoms with E-state index in [0.717, 1.165) is 9.75 Å². The minimum Gasteiger partial charge on any atom is -0.347 e. The Morgan fingerprint density at radius 3 is 2.71 bits per heavy atom. The predicted molar refractivity (Wildman–Crippen MR) is 81.1 cm³/mol. The maximum atomic E-state index is 12.2. The summed E-state index contributed by atoms with van der Waals surface area (Å²) in [5.74, 6) is 4.91. The summed E-state index contributed by atoms with van der Waals surface area (Å²) in [6.45, 7) is 2.34. The number of nitrogen functional groups attached to an aromatic ring is 1. The molecule has 0 aliphatic carbocycles. The van der Waals surface area contributed by atoms with Crippen LogP contribution in [0.4, 0.5) is 11.4 Å². The number of carbonyl (C=O) groups is 1. The minimum absolute atomic E-state index is 0.139. The second kappa shape index (κ2) is 6.33. The zero-order valence-electron chi connectivity index (χ0n) is 11.3. The molecule has 2 rings (SSSR count). The number of nitrogens with two attached hydrogens (primary N) is 1. The molecule has 21 heavy (non-hydrogen) atoms. The molecule has 8 heteroatoms. The lowest BCUT2D eigenvalue weighted by molar-refractivity contribution is -0.384. The van der Waals surface area contributed by atoms with Gasteiger partial charge in [0.1, 0.15) is 0 Å². The topological polar surface area (TPSA) is 110 Å². The highest BCUT2D eigenvalue weighted by molar-refractivity contribution is 7.11. The Morgan fingerprint density at radius 2 is 2.14 bits per heavy atom. The fraction of sp³-hybridized carbons (Fsp3) is 0.154. The third-order valence-electron chi connectivity index (χ3n) is 2.83. The molecule has 1 amide bonds. The van der Waals surface area contributed by atoms with Crippen LogP contribution in [-0.2, 0) is 6.54 Å². The highest BCUT2D eigenvalue weighted by atomic mass is 32.1. The lowest BCUT2D eigenvalue weighted by Crippen LogP contribution is -2.24. The second-order valence-corrected chi connectivity index (χ2v) is 5.70. The Morgan fingerprint density at radius 1 is 1.38 bits per heavy atom. The van der Waals surface area contributed by atoms with Gasteiger partial charge in [0.25, 0.3) is 11.6 Å². The molecule has 0 aliphatic heterocycles. The zero-order valence-corrected chi connectivity index (χ0v) is 12.1.